The van der Waals surface area contributed by atoms with Crippen molar-refractivity contribution in [1.82, 2.24) is 9.88 Å². The number of azo groups is 1. The second-order valence-electron chi connectivity index (χ2n) is 6.47. The van der Waals surface area contributed by atoms with E-state index in [2.05, 4.69) is 20.1 Å². The van der Waals surface area contributed by atoms with E-state index >= 15 is 0 Å². The number of hydrogen-bond donors (Lipinski definition) is 1. The van der Waals surface area contributed by atoms with Crippen molar-refractivity contribution in [3.05, 3.63) is 64.9 Å². The van der Waals surface area contributed by atoms with Gasteiger partial charge in [0.1, 0.15) is 0 Å². The van der Waals surface area contributed by atoms with Crippen LogP contribution in [0.5, 0.6) is 0 Å². The summed E-state index contributed by atoms with van der Waals surface area (Å²) in [5.74, 6) is 0. The molecular weight excluding hydrogens is 456 g/mol. The van der Waals surface area contributed by atoms with Gasteiger partial charge in [-0.3, -0.25) is 9.88 Å². The molecule has 29 heavy (non-hydrogen) atoms. The number of halogens is 4. The lowest BCUT2D eigenvalue weighted by atomic mass is 9.96. The maximum absolute atomic E-state index is 6.06. The normalized spacial score (nSPS) is 18.9. The lowest BCUT2D eigenvalue weighted by Gasteiger charge is -2.33. The average molecular weight is 481 g/mol. The average Bonchev–Trinajstić information content (AvgIpc) is 3.09. The third kappa shape index (κ3) is 6.12. The topological polar surface area (TPSA) is 98.4 Å². The van der Waals surface area contributed by atoms with Crippen molar-refractivity contribution < 1.29 is 5.48 Å². The Labute approximate surface area is 194 Å². The van der Waals surface area contributed by atoms with E-state index in [4.69, 9.17) is 17.3 Å². The maximum atomic E-state index is 6.06. The molecule has 2 aliphatic rings. The molecule has 0 aliphatic carbocycles. The molecule has 160 valence electrons. The minimum absolute atomic E-state index is 0. The largest absolute Gasteiger partial charge is 0.412 e. The van der Waals surface area contributed by atoms with Crippen LogP contribution in [0.3, 0.4) is 0 Å². The van der Waals surface area contributed by atoms with Gasteiger partial charge in [-0.05, 0) is 42.7 Å². The molecule has 0 spiro atoms. The van der Waals surface area contributed by atoms with Crippen molar-refractivity contribution >= 4 is 60.1 Å². The van der Waals surface area contributed by atoms with Crippen molar-refractivity contribution in [2.45, 2.75) is 25.0 Å². The lowest BCUT2D eigenvalue weighted by molar-refractivity contribution is 0.186. The molecule has 4 rings (SSSR count). The molecule has 2 aromatic rings. The van der Waals surface area contributed by atoms with Crippen molar-refractivity contribution in [3.8, 4) is 0 Å². The van der Waals surface area contributed by atoms with Gasteiger partial charge in [-0.25, -0.2) is 0 Å². The van der Waals surface area contributed by atoms with Crippen LogP contribution in [-0.2, 0) is 0 Å². The molecule has 1 aromatic heterocycles. The number of piperidine rings is 1. The molecule has 1 aromatic carbocycles. The van der Waals surface area contributed by atoms with Crippen LogP contribution in [0.25, 0.3) is 11.3 Å². The zero-order valence-corrected chi connectivity index (χ0v) is 18.8. The number of hydrogen-bond acceptors (Lipinski definition) is 5. The van der Waals surface area contributed by atoms with Crippen molar-refractivity contribution in [3.63, 3.8) is 0 Å². The van der Waals surface area contributed by atoms with Crippen LogP contribution in [0.2, 0.25) is 5.02 Å². The molecule has 1 atom stereocenters. The first kappa shape index (κ1) is 27.8. The second-order valence-corrected chi connectivity index (χ2v) is 6.90. The van der Waals surface area contributed by atoms with Gasteiger partial charge in [-0.15, -0.1) is 37.2 Å². The van der Waals surface area contributed by atoms with Gasteiger partial charge < -0.3 is 11.2 Å². The highest BCUT2D eigenvalue weighted by atomic mass is 35.5. The Hall–Kier alpha value is -1.25. The molecule has 0 amide bonds. The zero-order valence-electron chi connectivity index (χ0n) is 15.6. The van der Waals surface area contributed by atoms with Gasteiger partial charge in [0.05, 0.1) is 5.70 Å². The van der Waals surface area contributed by atoms with Gasteiger partial charge in [0, 0.05) is 47.7 Å². The Bertz CT molecular complexity index is 809. The third-order valence-electron chi connectivity index (χ3n) is 4.81. The van der Waals surface area contributed by atoms with E-state index in [1.807, 2.05) is 48.8 Å². The van der Waals surface area contributed by atoms with Crippen molar-refractivity contribution in [2.75, 3.05) is 13.1 Å². The molecule has 2 aliphatic heterocycles. The van der Waals surface area contributed by atoms with Crippen LogP contribution < -0.4 is 5.73 Å². The smallest absolute Gasteiger partial charge is 0.152 e. The Morgan fingerprint density at radius 2 is 1.48 bits per heavy atom. The summed E-state index contributed by atoms with van der Waals surface area (Å²) in [5, 5.41) is 9.86. The highest BCUT2D eigenvalue weighted by Gasteiger charge is 2.32. The minimum Gasteiger partial charge on any atom is -0.412 e. The van der Waals surface area contributed by atoms with Gasteiger partial charge in [0.15, 0.2) is 6.17 Å². The molecule has 3 heterocycles. The molecule has 6 nitrogen and oxygen atoms in total. The summed E-state index contributed by atoms with van der Waals surface area (Å²) < 4.78 is 0. The van der Waals surface area contributed by atoms with E-state index in [1.54, 1.807) is 0 Å². The van der Waals surface area contributed by atoms with E-state index in [-0.39, 0.29) is 48.9 Å². The summed E-state index contributed by atoms with van der Waals surface area (Å²) in [4.78, 5) is 6.51. The summed E-state index contributed by atoms with van der Waals surface area (Å²) >= 11 is 6.04. The predicted molar refractivity (Wildman–Crippen MR) is 125 cm³/mol. The van der Waals surface area contributed by atoms with Crippen molar-refractivity contribution in [1.29, 1.82) is 0 Å². The number of benzene rings is 1. The van der Waals surface area contributed by atoms with Crippen LogP contribution in [0.15, 0.2) is 59.0 Å². The van der Waals surface area contributed by atoms with E-state index in [9.17, 15) is 0 Å². The van der Waals surface area contributed by atoms with E-state index in [0.717, 1.165) is 48.3 Å². The van der Waals surface area contributed by atoms with Crippen LogP contribution in [0.4, 0.5) is 0 Å². The Kier molecular flexibility index (Phi) is 11.9. The molecule has 0 bridgehead atoms. The Morgan fingerprint density at radius 1 is 0.897 bits per heavy atom. The lowest BCUT2D eigenvalue weighted by Crippen LogP contribution is -2.44. The monoisotopic (exact) mass is 479 g/mol. The fourth-order valence-corrected chi connectivity index (χ4v) is 3.53. The first-order valence-corrected chi connectivity index (χ1v) is 8.91. The molecule has 0 radical (unpaired) electrons. The van der Waals surface area contributed by atoms with Gasteiger partial charge in [0.25, 0.3) is 0 Å². The fourth-order valence-electron chi connectivity index (χ4n) is 3.40. The van der Waals surface area contributed by atoms with E-state index < -0.39 is 0 Å². The Morgan fingerprint density at radius 3 is 2.07 bits per heavy atom. The van der Waals surface area contributed by atoms with Gasteiger partial charge in [-0.1, -0.05) is 23.7 Å². The van der Waals surface area contributed by atoms with Crippen LogP contribution in [0.1, 0.15) is 24.0 Å². The fraction of sp³-hybridized carbons (Fsp3) is 0.316. The third-order valence-corrected chi connectivity index (χ3v) is 5.06. The summed E-state index contributed by atoms with van der Waals surface area (Å²) in [6.07, 6.45) is 5.53. The highest BCUT2D eigenvalue weighted by molar-refractivity contribution is 6.30. The second kappa shape index (κ2) is 12.4. The summed E-state index contributed by atoms with van der Waals surface area (Å²) in [5.41, 5.74) is 10.2. The van der Waals surface area contributed by atoms with Gasteiger partial charge in [-0.2, -0.15) is 10.2 Å². The molecule has 10 heteroatoms. The summed E-state index contributed by atoms with van der Waals surface area (Å²) in [6, 6.07) is 12.1. The summed E-state index contributed by atoms with van der Waals surface area (Å²) in [7, 11) is 0. The van der Waals surface area contributed by atoms with E-state index in [0.29, 0.717) is 11.1 Å². The van der Waals surface area contributed by atoms with Crippen molar-refractivity contribution in [2.24, 2.45) is 16.0 Å². The molecular formula is C19H25Cl4N5O. The van der Waals surface area contributed by atoms with Gasteiger partial charge in [0.2, 0.25) is 0 Å². The number of nitrogens with two attached hydrogens (primary N) is 1. The zero-order chi connectivity index (χ0) is 17.2. The Balaban J connectivity index is 0.00000196. The number of aromatic nitrogens is 1. The first-order chi connectivity index (χ1) is 12.2. The number of rotatable bonds is 3. The predicted octanol–water partition coefficient (Wildman–Crippen LogP) is 4.26. The SMILES string of the molecule is Cl.Cl.Cl.NC1CCN(C2N=NC(c3ccc(Cl)cc3)=C2c2ccncc2)CC1.O. The number of likely N-dealkylation sites (tertiary alicyclic amines) is 1. The minimum atomic E-state index is -0.0689. The number of pyridine rings is 1. The maximum Gasteiger partial charge on any atom is 0.152 e. The van der Waals surface area contributed by atoms with Crippen LogP contribution >= 0.6 is 48.8 Å². The van der Waals surface area contributed by atoms with Gasteiger partial charge >= 0.3 is 0 Å². The molecule has 4 N–H and O–H groups in total. The van der Waals surface area contributed by atoms with Crippen LogP contribution in [0, 0.1) is 0 Å². The van der Waals surface area contributed by atoms with E-state index in [1.165, 1.54) is 0 Å². The standard InChI is InChI=1S/C19H20ClN5.3ClH.H2O/c20-15-3-1-14(2-4-15)18-17(13-5-9-22-10-6-13)19(24-23-18)25-11-7-16(21)8-12-25;;;;/h1-6,9-10,16,19H,7-8,11-12,21H2;3*1H;1H2. The highest BCUT2D eigenvalue weighted by Crippen LogP contribution is 2.39. The quantitative estimate of drug-likeness (QED) is 0.710. The number of nitrogens with zero attached hydrogens (tertiary/aromatic N) is 4. The molecule has 1 saturated heterocycles. The molecule has 1 unspecified atom stereocenters. The first-order valence-electron chi connectivity index (χ1n) is 8.53. The molecule has 0 saturated carbocycles. The summed E-state index contributed by atoms with van der Waals surface area (Å²) in [6.45, 7) is 1.88. The molecule has 1 fully saturated rings. The van der Waals surface area contributed by atoms with Crippen LogP contribution in [-0.4, -0.2) is 40.7 Å².